The molecule has 1 amide bonds. The molecule has 0 saturated heterocycles. The predicted molar refractivity (Wildman–Crippen MR) is 93.0 cm³/mol. The molecule has 0 aliphatic carbocycles. The van der Waals surface area contributed by atoms with Crippen molar-refractivity contribution in [2.75, 3.05) is 0 Å². The number of fused-ring (bicyclic) bond motifs is 1. The average molecular weight is 321 g/mol. The molecule has 3 aromatic rings. The van der Waals surface area contributed by atoms with Crippen LogP contribution in [-0.2, 0) is 11.3 Å². The van der Waals surface area contributed by atoms with Crippen LogP contribution in [0.1, 0.15) is 31.4 Å². The van der Waals surface area contributed by atoms with E-state index in [0.29, 0.717) is 5.69 Å². The maximum atomic E-state index is 12.1. The summed E-state index contributed by atoms with van der Waals surface area (Å²) < 4.78 is 2.12. The minimum absolute atomic E-state index is 0.192. The number of hydrogen-bond acceptors (Lipinski definition) is 4. The molecule has 3 rings (SSSR count). The van der Waals surface area contributed by atoms with E-state index in [1.165, 1.54) is 6.08 Å². The molecule has 122 valence electrons. The predicted octanol–water partition coefficient (Wildman–Crippen LogP) is 2.74. The van der Waals surface area contributed by atoms with Gasteiger partial charge in [-0.2, -0.15) is 0 Å². The molecule has 0 bridgehead atoms. The minimum Gasteiger partial charge on any atom is -0.343 e. The smallest absolute Gasteiger partial charge is 0.244 e. The van der Waals surface area contributed by atoms with Gasteiger partial charge < -0.3 is 9.88 Å². The number of carbonyl (C=O) groups excluding carboxylic acids is 1. The molecule has 6 heteroatoms. The van der Waals surface area contributed by atoms with Crippen LogP contribution in [0, 0.1) is 0 Å². The molecule has 2 heterocycles. The number of aryl methyl sites for hydroxylation is 1. The van der Waals surface area contributed by atoms with Gasteiger partial charge >= 0.3 is 0 Å². The average Bonchev–Trinajstić information content (AvgIpc) is 2.99. The molecule has 0 saturated carbocycles. The van der Waals surface area contributed by atoms with Gasteiger partial charge in [-0.25, -0.2) is 4.98 Å². The maximum absolute atomic E-state index is 12.1. The molecule has 1 atom stereocenters. The Morgan fingerprint density at radius 3 is 2.92 bits per heavy atom. The van der Waals surface area contributed by atoms with Crippen molar-refractivity contribution < 1.29 is 4.79 Å². The first kappa shape index (κ1) is 15.9. The van der Waals surface area contributed by atoms with Crippen LogP contribution in [0.25, 0.3) is 17.1 Å². The molecule has 24 heavy (non-hydrogen) atoms. The van der Waals surface area contributed by atoms with Gasteiger partial charge in [-0.15, -0.1) is 0 Å². The first-order valence-electron chi connectivity index (χ1n) is 7.88. The lowest BCUT2D eigenvalue weighted by atomic mass is 10.3. The highest BCUT2D eigenvalue weighted by molar-refractivity contribution is 5.91. The molecule has 1 N–H and O–H groups in total. The number of carbonyl (C=O) groups is 1. The summed E-state index contributed by atoms with van der Waals surface area (Å²) in [5.74, 6) is 0.655. The van der Waals surface area contributed by atoms with Gasteiger partial charge in [0.05, 0.1) is 29.0 Å². The molecule has 2 aromatic heterocycles. The first-order chi connectivity index (χ1) is 11.7. The lowest BCUT2D eigenvalue weighted by molar-refractivity contribution is -0.117. The topological polar surface area (TPSA) is 72.7 Å². The van der Waals surface area contributed by atoms with Crippen LogP contribution in [0.5, 0.6) is 0 Å². The van der Waals surface area contributed by atoms with Gasteiger partial charge in [0, 0.05) is 25.0 Å². The maximum Gasteiger partial charge on any atom is 0.244 e. The van der Waals surface area contributed by atoms with E-state index < -0.39 is 0 Å². The Hall–Kier alpha value is -3.02. The fourth-order valence-corrected chi connectivity index (χ4v) is 2.64. The number of para-hydroxylation sites is 2. The largest absolute Gasteiger partial charge is 0.343 e. The van der Waals surface area contributed by atoms with Crippen LogP contribution >= 0.6 is 0 Å². The number of rotatable bonds is 5. The van der Waals surface area contributed by atoms with E-state index in [1.54, 1.807) is 24.7 Å². The molecule has 0 fully saturated rings. The summed E-state index contributed by atoms with van der Waals surface area (Å²) in [6.07, 6.45) is 7.87. The SMILES string of the molecule is CCn1c(C(C)NC(=O)/C=C/c2cnccn2)nc2ccccc21. The summed E-state index contributed by atoms with van der Waals surface area (Å²) in [5.41, 5.74) is 2.65. The van der Waals surface area contributed by atoms with Crippen LogP contribution in [0.3, 0.4) is 0 Å². The number of nitrogens with one attached hydrogen (secondary N) is 1. The van der Waals surface area contributed by atoms with Crippen molar-refractivity contribution in [1.82, 2.24) is 24.8 Å². The molecule has 0 spiro atoms. The van der Waals surface area contributed by atoms with Crippen molar-refractivity contribution in [2.45, 2.75) is 26.4 Å². The Bertz CT molecular complexity index is 870. The zero-order valence-electron chi connectivity index (χ0n) is 13.7. The second-order valence-electron chi connectivity index (χ2n) is 5.40. The molecular weight excluding hydrogens is 302 g/mol. The van der Waals surface area contributed by atoms with Crippen LogP contribution < -0.4 is 5.32 Å². The van der Waals surface area contributed by atoms with E-state index in [2.05, 4.69) is 31.8 Å². The Morgan fingerprint density at radius 2 is 2.17 bits per heavy atom. The van der Waals surface area contributed by atoms with Gasteiger partial charge in [0.2, 0.25) is 5.91 Å². The van der Waals surface area contributed by atoms with E-state index in [4.69, 9.17) is 0 Å². The molecule has 1 aromatic carbocycles. The number of imidazole rings is 1. The minimum atomic E-state index is -0.198. The molecule has 6 nitrogen and oxygen atoms in total. The number of nitrogens with zero attached hydrogens (tertiary/aromatic N) is 4. The third kappa shape index (κ3) is 3.32. The van der Waals surface area contributed by atoms with Gasteiger partial charge in [-0.1, -0.05) is 12.1 Å². The monoisotopic (exact) mass is 321 g/mol. The zero-order valence-corrected chi connectivity index (χ0v) is 13.7. The molecule has 0 aliphatic heterocycles. The molecule has 0 aliphatic rings. The standard InChI is InChI=1S/C18H19N5O/c1-3-23-16-7-5-4-6-15(16)22-18(23)13(2)21-17(24)9-8-14-12-19-10-11-20-14/h4-13H,3H2,1-2H3,(H,21,24)/b9-8+. The second kappa shape index (κ2) is 7.04. The highest BCUT2D eigenvalue weighted by atomic mass is 16.1. The Balaban J connectivity index is 1.76. The first-order valence-corrected chi connectivity index (χ1v) is 7.88. The van der Waals surface area contributed by atoms with Gasteiger partial charge in [-0.3, -0.25) is 14.8 Å². The highest BCUT2D eigenvalue weighted by Crippen LogP contribution is 2.20. The summed E-state index contributed by atoms with van der Waals surface area (Å²) in [6, 6.07) is 7.78. The fourth-order valence-electron chi connectivity index (χ4n) is 2.64. The summed E-state index contributed by atoms with van der Waals surface area (Å²) in [4.78, 5) is 24.8. The summed E-state index contributed by atoms with van der Waals surface area (Å²) in [5, 5.41) is 2.94. The van der Waals surface area contributed by atoms with E-state index in [0.717, 1.165) is 23.4 Å². The summed E-state index contributed by atoms with van der Waals surface area (Å²) >= 11 is 0. The van der Waals surface area contributed by atoms with E-state index in [-0.39, 0.29) is 11.9 Å². The van der Waals surface area contributed by atoms with Crippen molar-refractivity contribution in [1.29, 1.82) is 0 Å². The van der Waals surface area contributed by atoms with Gasteiger partial charge in [-0.05, 0) is 32.1 Å². The van der Waals surface area contributed by atoms with Crippen molar-refractivity contribution in [3.8, 4) is 0 Å². The lowest BCUT2D eigenvalue weighted by Gasteiger charge is -2.14. The highest BCUT2D eigenvalue weighted by Gasteiger charge is 2.16. The normalized spacial score (nSPS) is 12.6. The molecule has 0 radical (unpaired) electrons. The van der Waals surface area contributed by atoms with Crippen LogP contribution in [0.2, 0.25) is 0 Å². The summed E-state index contributed by atoms with van der Waals surface area (Å²) in [7, 11) is 0. The summed E-state index contributed by atoms with van der Waals surface area (Å²) in [6.45, 7) is 4.80. The third-order valence-corrected chi connectivity index (χ3v) is 3.73. The Kier molecular flexibility index (Phi) is 4.65. The van der Waals surface area contributed by atoms with Gasteiger partial charge in [0.1, 0.15) is 5.82 Å². The van der Waals surface area contributed by atoms with Crippen LogP contribution in [0.4, 0.5) is 0 Å². The third-order valence-electron chi connectivity index (χ3n) is 3.73. The fraction of sp³-hybridized carbons (Fsp3) is 0.222. The number of aromatic nitrogens is 4. The lowest BCUT2D eigenvalue weighted by Crippen LogP contribution is -2.27. The number of benzene rings is 1. The zero-order chi connectivity index (χ0) is 16.9. The number of hydrogen-bond donors (Lipinski definition) is 1. The van der Waals surface area contributed by atoms with E-state index in [9.17, 15) is 4.79 Å². The molecule has 1 unspecified atom stereocenters. The Morgan fingerprint density at radius 1 is 1.33 bits per heavy atom. The van der Waals surface area contributed by atoms with Crippen molar-refractivity contribution in [2.24, 2.45) is 0 Å². The van der Waals surface area contributed by atoms with Gasteiger partial charge in [0.15, 0.2) is 0 Å². The van der Waals surface area contributed by atoms with E-state index >= 15 is 0 Å². The van der Waals surface area contributed by atoms with Crippen LogP contribution in [0.15, 0.2) is 48.9 Å². The van der Waals surface area contributed by atoms with Crippen molar-refractivity contribution in [3.05, 3.63) is 60.5 Å². The van der Waals surface area contributed by atoms with Crippen molar-refractivity contribution >= 4 is 23.0 Å². The number of amides is 1. The van der Waals surface area contributed by atoms with E-state index in [1.807, 2.05) is 31.2 Å². The quantitative estimate of drug-likeness (QED) is 0.733. The van der Waals surface area contributed by atoms with Crippen LogP contribution in [-0.4, -0.2) is 25.4 Å². The van der Waals surface area contributed by atoms with Crippen molar-refractivity contribution in [3.63, 3.8) is 0 Å². The second-order valence-corrected chi connectivity index (χ2v) is 5.40. The Labute approximate surface area is 140 Å². The molecular formula is C18H19N5O. The van der Waals surface area contributed by atoms with Gasteiger partial charge in [0.25, 0.3) is 0 Å².